The number of para-hydroxylation sites is 1. The van der Waals surface area contributed by atoms with E-state index in [4.69, 9.17) is 0 Å². The van der Waals surface area contributed by atoms with Crippen LogP contribution in [0.4, 0.5) is 4.79 Å². The summed E-state index contributed by atoms with van der Waals surface area (Å²) in [7, 11) is 1.54. The summed E-state index contributed by atoms with van der Waals surface area (Å²) in [5.41, 5.74) is 3.37. The van der Waals surface area contributed by atoms with Crippen LogP contribution in [0.2, 0.25) is 0 Å². The number of benzene rings is 2. The number of carbonyl (C=O) groups is 2. The van der Waals surface area contributed by atoms with E-state index in [9.17, 15) is 14.7 Å². The molecule has 26 heavy (non-hydrogen) atoms. The van der Waals surface area contributed by atoms with E-state index < -0.39 is 12.1 Å². The predicted molar refractivity (Wildman–Crippen MR) is 98.2 cm³/mol. The van der Waals surface area contributed by atoms with Gasteiger partial charge in [-0.3, -0.25) is 4.79 Å². The summed E-state index contributed by atoms with van der Waals surface area (Å²) in [5.74, 6) is -0.234. The van der Waals surface area contributed by atoms with Crippen molar-refractivity contribution >= 4 is 22.9 Å². The number of aromatic nitrogens is 1. The molecule has 6 heteroatoms. The molecule has 2 amide bonds. The molecule has 0 saturated carbocycles. The molecular formula is C20H19N3O3. The van der Waals surface area contributed by atoms with Crippen LogP contribution in [0.25, 0.3) is 10.9 Å². The van der Waals surface area contributed by atoms with Crippen molar-refractivity contribution in [3.63, 3.8) is 0 Å². The predicted octanol–water partition coefficient (Wildman–Crippen LogP) is 3.17. The smallest absolute Gasteiger partial charge is 0.407 e. The number of nitrogens with zero attached hydrogens (tertiary/aromatic N) is 1. The SMILES string of the molecule is CN(C(=O)O)[C@@H]1c2ccccc2C[C@H]1NC(=O)c1cc2ccccc2[nH]1. The first-order valence-corrected chi connectivity index (χ1v) is 8.47. The number of rotatable bonds is 3. The Morgan fingerprint density at radius 3 is 2.65 bits per heavy atom. The highest BCUT2D eigenvalue weighted by atomic mass is 16.4. The molecule has 0 fully saturated rings. The molecule has 0 aliphatic heterocycles. The number of carbonyl (C=O) groups excluding carboxylic acids is 1. The van der Waals surface area contributed by atoms with Crippen LogP contribution in [0.15, 0.2) is 54.6 Å². The summed E-state index contributed by atoms with van der Waals surface area (Å²) in [5, 5.41) is 13.4. The average Bonchev–Trinajstić information content (AvgIpc) is 3.22. The van der Waals surface area contributed by atoms with Crippen LogP contribution in [-0.2, 0) is 6.42 Å². The third-order valence-corrected chi connectivity index (χ3v) is 5.00. The van der Waals surface area contributed by atoms with Crippen LogP contribution in [0.5, 0.6) is 0 Å². The van der Waals surface area contributed by atoms with Crippen molar-refractivity contribution in [3.8, 4) is 0 Å². The lowest BCUT2D eigenvalue weighted by Crippen LogP contribution is -2.44. The van der Waals surface area contributed by atoms with Gasteiger partial charge in [0.25, 0.3) is 5.91 Å². The van der Waals surface area contributed by atoms with Gasteiger partial charge in [0.15, 0.2) is 0 Å². The summed E-state index contributed by atoms with van der Waals surface area (Å²) in [6.07, 6.45) is -0.415. The highest BCUT2D eigenvalue weighted by molar-refractivity contribution is 5.98. The Hall–Kier alpha value is -3.28. The average molecular weight is 349 g/mol. The van der Waals surface area contributed by atoms with Crippen LogP contribution in [0.3, 0.4) is 0 Å². The quantitative estimate of drug-likeness (QED) is 0.679. The van der Waals surface area contributed by atoms with E-state index in [1.54, 1.807) is 0 Å². The van der Waals surface area contributed by atoms with Gasteiger partial charge in [-0.05, 0) is 29.7 Å². The van der Waals surface area contributed by atoms with Crippen LogP contribution >= 0.6 is 0 Å². The number of hydrogen-bond donors (Lipinski definition) is 3. The summed E-state index contributed by atoms with van der Waals surface area (Å²) in [6, 6.07) is 16.5. The van der Waals surface area contributed by atoms with E-state index in [0.717, 1.165) is 22.0 Å². The van der Waals surface area contributed by atoms with Gasteiger partial charge in [0.2, 0.25) is 0 Å². The summed E-state index contributed by atoms with van der Waals surface area (Å²) >= 11 is 0. The van der Waals surface area contributed by atoms with Gasteiger partial charge >= 0.3 is 6.09 Å². The summed E-state index contributed by atoms with van der Waals surface area (Å²) < 4.78 is 0. The molecule has 2 atom stereocenters. The van der Waals surface area contributed by atoms with Crippen LogP contribution in [0, 0.1) is 0 Å². The molecule has 1 aliphatic rings. The molecule has 0 spiro atoms. The Labute approximate surface area is 150 Å². The first-order valence-electron chi connectivity index (χ1n) is 8.47. The maximum atomic E-state index is 12.8. The Morgan fingerprint density at radius 1 is 1.15 bits per heavy atom. The topological polar surface area (TPSA) is 85.4 Å². The minimum absolute atomic E-state index is 0.234. The van der Waals surface area contributed by atoms with Gasteiger partial charge < -0.3 is 20.3 Å². The van der Waals surface area contributed by atoms with E-state index in [0.29, 0.717) is 12.1 Å². The normalized spacial score (nSPS) is 18.5. The van der Waals surface area contributed by atoms with Gasteiger partial charge in [-0.2, -0.15) is 0 Å². The molecule has 1 aromatic heterocycles. The molecule has 0 radical (unpaired) electrons. The number of fused-ring (bicyclic) bond motifs is 2. The second-order valence-electron chi connectivity index (χ2n) is 6.59. The molecule has 1 aliphatic carbocycles. The highest BCUT2D eigenvalue weighted by Gasteiger charge is 2.38. The van der Waals surface area contributed by atoms with E-state index in [2.05, 4.69) is 10.3 Å². The number of hydrogen-bond acceptors (Lipinski definition) is 2. The van der Waals surface area contributed by atoms with Gasteiger partial charge in [0, 0.05) is 18.0 Å². The zero-order valence-electron chi connectivity index (χ0n) is 14.3. The number of likely N-dealkylation sites (N-methyl/N-ethyl adjacent to an activating group) is 1. The van der Waals surface area contributed by atoms with Crippen LogP contribution < -0.4 is 5.32 Å². The largest absolute Gasteiger partial charge is 0.465 e. The van der Waals surface area contributed by atoms with E-state index in [-0.39, 0.29) is 11.9 Å². The fourth-order valence-electron chi connectivity index (χ4n) is 3.74. The fourth-order valence-corrected chi connectivity index (χ4v) is 3.74. The third-order valence-electron chi connectivity index (χ3n) is 5.00. The van der Waals surface area contributed by atoms with Crippen molar-refractivity contribution in [2.24, 2.45) is 0 Å². The Morgan fingerprint density at radius 2 is 1.88 bits per heavy atom. The summed E-state index contributed by atoms with van der Waals surface area (Å²) in [4.78, 5) is 28.7. The van der Waals surface area contributed by atoms with Gasteiger partial charge in [-0.15, -0.1) is 0 Å². The van der Waals surface area contributed by atoms with Gasteiger partial charge in [0.1, 0.15) is 5.69 Å². The standard InChI is InChI=1S/C20H19N3O3/c1-23(20(25)26)18-14-8-4-2-6-12(14)10-16(18)22-19(24)17-11-13-7-3-5-9-15(13)21-17/h2-9,11,16,18,21H,10H2,1H3,(H,22,24)(H,25,26)/t16-,18-/m1/s1. The van der Waals surface area contributed by atoms with E-state index >= 15 is 0 Å². The molecule has 6 nitrogen and oxygen atoms in total. The third kappa shape index (κ3) is 2.69. The first kappa shape index (κ1) is 16.2. The highest BCUT2D eigenvalue weighted by Crippen LogP contribution is 2.35. The second kappa shape index (κ2) is 6.22. The van der Waals surface area contributed by atoms with Gasteiger partial charge in [-0.25, -0.2) is 4.79 Å². The lowest BCUT2D eigenvalue weighted by atomic mass is 10.1. The zero-order chi connectivity index (χ0) is 18.3. The first-order chi connectivity index (χ1) is 12.5. The molecule has 3 N–H and O–H groups in total. The molecular weight excluding hydrogens is 330 g/mol. The number of aromatic amines is 1. The maximum absolute atomic E-state index is 12.8. The van der Waals surface area contributed by atoms with E-state index in [1.807, 2.05) is 54.6 Å². The number of nitrogens with one attached hydrogen (secondary N) is 2. The minimum Gasteiger partial charge on any atom is -0.465 e. The van der Waals surface area contributed by atoms with Crippen molar-refractivity contribution in [3.05, 3.63) is 71.4 Å². The number of amides is 2. The minimum atomic E-state index is -1.02. The fraction of sp³-hybridized carbons (Fsp3) is 0.200. The van der Waals surface area contributed by atoms with Crippen molar-refractivity contribution < 1.29 is 14.7 Å². The van der Waals surface area contributed by atoms with E-state index in [1.165, 1.54) is 11.9 Å². The van der Waals surface area contributed by atoms with Gasteiger partial charge in [0.05, 0.1) is 12.1 Å². The Balaban J connectivity index is 1.62. The molecule has 4 rings (SSSR count). The maximum Gasteiger partial charge on any atom is 0.407 e. The van der Waals surface area contributed by atoms with Gasteiger partial charge in [-0.1, -0.05) is 42.5 Å². The lowest BCUT2D eigenvalue weighted by molar-refractivity contribution is 0.0890. The lowest BCUT2D eigenvalue weighted by Gasteiger charge is -2.28. The zero-order valence-corrected chi connectivity index (χ0v) is 14.3. The van der Waals surface area contributed by atoms with Crippen molar-refractivity contribution in [2.75, 3.05) is 7.05 Å². The molecule has 0 unspecified atom stereocenters. The molecule has 2 aromatic carbocycles. The second-order valence-corrected chi connectivity index (χ2v) is 6.59. The van der Waals surface area contributed by atoms with Crippen LogP contribution in [-0.4, -0.2) is 40.1 Å². The monoisotopic (exact) mass is 349 g/mol. The van der Waals surface area contributed by atoms with Crippen molar-refractivity contribution in [1.29, 1.82) is 0 Å². The molecule has 1 heterocycles. The molecule has 0 saturated heterocycles. The van der Waals surface area contributed by atoms with Crippen LogP contribution in [0.1, 0.15) is 27.7 Å². The number of carboxylic acid groups (broad SMARTS) is 1. The van der Waals surface area contributed by atoms with Crippen molar-refractivity contribution in [2.45, 2.75) is 18.5 Å². The van der Waals surface area contributed by atoms with Crippen molar-refractivity contribution in [1.82, 2.24) is 15.2 Å². The molecule has 132 valence electrons. The summed E-state index contributed by atoms with van der Waals surface area (Å²) in [6.45, 7) is 0. The Kier molecular flexibility index (Phi) is 3.88. The molecule has 3 aromatic rings. The Bertz CT molecular complexity index is 962. The number of H-pyrrole nitrogens is 1. The molecule has 0 bridgehead atoms.